The van der Waals surface area contributed by atoms with E-state index in [-0.39, 0.29) is 24.4 Å². The Labute approximate surface area is 181 Å². The lowest BCUT2D eigenvalue weighted by atomic mass is 9.94. The van der Waals surface area contributed by atoms with Gasteiger partial charge < -0.3 is 14.8 Å². The van der Waals surface area contributed by atoms with E-state index in [1.165, 1.54) is 24.1 Å². The van der Waals surface area contributed by atoms with Crippen molar-refractivity contribution in [3.05, 3.63) is 76.7 Å². The summed E-state index contributed by atoms with van der Waals surface area (Å²) in [5, 5.41) is 2.70. The van der Waals surface area contributed by atoms with Crippen LogP contribution < -0.4 is 10.1 Å². The number of benzene rings is 2. The normalized spacial score (nSPS) is 16.4. The van der Waals surface area contributed by atoms with E-state index in [1.807, 2.05) is 24.3 Å². The standard InChI is InChI=1S/C24H27FN2O4/c1-5-30-23(28)21-20(14-31-17-10-8-9-16(13-17)15(2)3)27(4)24(29)26-22(21)18-11-6-7-12-19(18)25/h6-13,15,22H,5,14H2,1-4H3,(H,26,29)/t22-/m0/s1. The maximum absolute atomic E-state index is 14.5. The van der Waals surface area contributed by atoms with Crippen LogP contribution in [-0.2, 0) is 9.53 Å². The molecule has 0 saturated carbocycles. The van der Waals surface area contributed by atoms with Crippen LogP contribution in [0.3, 0.4) is 0 Å². The number of likely N-dealkylation sites (N-methyl/N-ethyl adjacent to an activating group) is 1. The molecule has 2 aromatic rings. The van der Waals surface area contributed by atoms with Crippen molar-refractivity contribution in [3.63, 3.8) is 0 Å². The van der Waals surface area contributed by atoms with Crippen molar-refractivity contribution < 1.29 is 23.5 Å². The van der Waals surface area contributed by atoms with Crippen LogP contribution >= 0.6 is 0 Å². The molecule has 1 heterocycles. The van der Waals surface area contributed by atoms with Gasteiger partial charge in [0.1, 0.15) is 18.2 Å². The van der Waals surface area contributed by atoms with E-state index in [2.05, 4.69) is 19.2 Å². The quantitative estimate of drug-likeness (QED) is 0.660. The summed E-state index contributed by atoms with van der Waals surface area (Å²) >= 11 is 0. The molecule has 0 radical (unpaired) electrons. The van der Waals surface area contributed by atoms with Crippen molar-refractivity contribution in [3.8, 4) is 5.75 Å². The molecule has 0 aromatic heterocycles. The Morgan fingerprint density at radius 3 is 2.61 bits per heavy atom. The van der Waals surface area contributed by atoms with Gasteiger partial charge in [-0.15, -0.1) is 0 Å². The number of urea groups is 1. The number of ether oxygens (including phenoxy) is 2. The summed E-state index contributed by atoms with van der Waals surface area (Å²) < 4.78 is 25.7. The predicted molar refractivity (Wildman–Crippen MR) is 115 cm³/mol. The Kier molecular flexibility index (Phi) is 6.95. The molecule has 0 saturated heterocycles. The molecular formula is C24H27FN2O4. The van der Waals surface area contributed by atoms with Crippen molar-refractivity contribution >= 4 is 12.0 Å². The third-order valence-electron chi connectivity index (χ3n) is 5.19. The molecule has 1 atom stereocenters. The highest BCUT2D eigenvalue weighted by molar-refractivity contribution is 5.95. The molecule has 6 nitrogen and oxygen atoms in total. The fraction of sp³-hybridized carbons (Fsp3) is 0.333. The summed E-state index contributed by atoms with van der Waals surface area (Å²) in [5.41, 5.74) is 1.77. The van der Waals surface area contributed by atoms with Crippen LogP contribution in [-0.4, -0.2) is 37.2 Å². The monoisotopic (exact) mass is 426 g/mol. The summed E-state index contributed by atoms with van der Waals surface area (Å²) in [4.78, 5) is 26.8. The van der Waals surface area contributed by atoms with Gasteiger partial charge >= 0.3 is 12.0 Å². The van der Waals surface area contributed by atoms with Crippen LogP contribution in [0.2, 0.25) is 0 Å². The molecule has 0 spiro atoms. The minimum absolute atomic E-state index is 0.0510. The largest absolute Gasteiger partial charge is 0.487 e. The van der Waals surface area contributed by atoms with E-state index in [0.717, 1.165) is 5.56 Å². The van der Waals surface area contributed by atoms with Crippen LogP contribution in [0.15, 0.2) is 59.8 Å². The Morgan fingerprint density at radius 2 is 1.94 bits per heavy atom. The van der Waals surface area contributed by atoms with Crippen LogP contribution in [0.5, 0.6) is 5.75 Å². The zero-order valence-electron chi connectivity index (χ0n) is 18.1. The Balaban J connectivity index is 2.03. The van der Waals surface area contributed by atoms with Gasteiger partial charge in [0.25, 0.3) is 0 Å². The number of carbonyl (C=O) groups is 2. The first-order valence-corrected chi connectivity index (χ1v) is 10.2. The Hall–Kier alpha value is -3.35. The topological polar surface area (TPSA) is 67.9 Å². The summed E-state index contributed by atoms with van der Waals surface area (Å²) in [6.45, 7) is 5.95. The lowest BCUT2D eigenvalue weighted by molar-refractivity contribution is -0.139. The molecule has 0 bridgehead atoms. The van der Waals surface area contributed by atoms with Gasteiger partial charge in [-0.25, -0.2) is 14.0 Å². The fourth-order valence-corrected chi connectivity index (χ4v) is 3.44. The molecule has 0 unspecified atom stereocenters. The first-order valence-electron chi connectivity index (χ1n) is 10.2. The molecule has 3 rings (SSSR count). The van der Waals surface area contributed by atoms with Gasteiger partial charge in [0.05, 0.1) is 23.9 Å². The third-order valence-corrected chi connectivity index (χ3v) is 5.19. The molecule has 1 aliphatic rings. The van der Waals surface area contributed by atoms with E-state index in [9.17, 15) is 14.0 Å². The second-order valence-electron chi connectivity index (χ2n) is 7.56. The van der Waals surface area contributed by atoms with Gasteiger partial charge in [0, 0.05) is 12.6 Å². The Morgan fingerprint density at radius 1 is 1.19 bits per heavy atom. The number of nitrogens with zero attached hydrogens (tertiary/aromatic N) is 1. The fourth-order valence-electron chi connectivity index (χ4n) is 3.44. The zero-order valence-corrected chi connectivity index (χ0v) is 18.1. The average molecular weight is 426 g/mol. The number of hydrogen-bond donors (Lipinski definition) is 1. The first kappa shape index (κ1) is 22.3. The molecule has 164 valence electrons. The lowest BCUT2D eigenvalue weighted by Gasteiger charge is -2.34. The van der Waals surface area contributed by atoms with Gasteiger partial charge in [-0.2, -0.15) is 0 Å². The summed E-state index contributed by atoms with van der Waals surface area (Å²) in [6.07, 6.45) is 0. The van der Waals surface area contributed by atoms with Gasteiger partial charge in [-0.3, -0.25) is 4.90 Å². The van der Waals surface area contributed by atoms with E-state index < -0.39 is 23.9 Å². The molecule has 1 N–H and O–H groups in total. The zero-order chi connectivity index (χ0) is 22.5. The third kappa shape index (κ3) is 4.87. The minimum atomic E-state index is -0.982. The highest BCUT2D eigenvalue weighted by Gasteiger charge is 2.38. The number of nitrogens with one attached hydrogen (secondary N) is 1. The smallest absolute Gasteiger partial charge is 0.338 e. The summed E-state index contributed by atoms with van der Waals surface area (Å²) in [6, 6.07) is 12.2. The van der Waals surface area contributed by atoms with Crippen molar-refractivity contribution in [1.82, 2.24) is 10.2 Å². The summed E-state index contributed by atoms with van der Waals surface area (Å²) in [5.74, 6) is -0.212. The van der Waals surface area contributed by atoms with E-state index in [4.69, 9.17) is 9.47 Å². The van der Waals surface area contributed by atoms with Crippen LogP contribution in [0.1, 0.15) is 43.9 Å². The number of halogens is 1. The van der Waals surface area contributed by atoms with Crippen LogP contribution in [0.4, 0.5) is 9.18 Å². The number of amides is 2. The molecular weight excluding hydrogens is 399 g/mol. The van der Waals surface area contributed by atoms with Crippen molar-refractivity contribution in [2.24, 2.45) is 0 Å². The van der Waals surface area contributed by atoms with Gasteiger partial charge in [-0.1, -0.05) is 44.2 Å². The van der Waals surface area contributed by atoms with E-state index in [0.29, 0.717) is 17.4 Å². The van der Waals surface area contributed by atoms with Crippen LogP contribution in [0, 0.1) is 5.82 Å². The highest BCUT2D eigenvalue weighted by atomic mass is 19.1. The SMILES string of the molecule is CCOC(=O)C1=C(COc2cccc(C(C)C)c2)N(C)C(=O)N[C@H]1c1ccccc1F. The van der Waals surface area contributed by atoms with Crippen LogP contribution in [0.25, 0.3) is 0 Å². The van der Waals surface area contributed by atoms with Gasteiger partial charge in [0.2, 0.25) is 0 Å². The van der Waals surface area contributed by atoms with E-state index >= 15 is 0 Å². The first-order chi connectivity index (χ1) is 14.8. The van der Waals surface area contributed by atoms with E-state index in [1.54, 1.807) is 19.1 Å². The molecule has 7 heteroatoms. The predicted octanol–water partition coefficient (Wildman–Crippen LogP) is 4.54. The van der Waals surface area contributed by atoms with Crippen molar-refractivity contribution in [2.45, 2.75) is 32.7 Å². The second-order valence-corrected chi connectivity index (χ2v) is 7.56. The highest BCUT2D eigenvalue weighted by Crippen LogP contribution is 2.32. The molecule has 2 amide bonds. The molecule has 0 fully saturated rings. The number of rotatable bonds is 7. The molecule has 31 heavy (non-hydrogen) atoms. The Bertz CT molecular complexity index is 1000. The van der Waals surface area contributed by atoms with Gasteiger partial charge in [0.15, 0.2) is 0 Å². The van der Waals surface area contributed by atoms with Gasteiger partial charge in [-0.05, 0) is 36.6 Å². The maximum Gasteiger partial charge on any atom is 0.338 e. The number of carbonyl (C=O) groups excluding carboxylic acids is 2. The molecule has 2 aromatic carbocycles. The van der Waals surface area contributed by atoms with Crippen molar-refractivity contribution in [2.75, 3.05) is 20.3 Å². The maximum atomic E-state index is 14.5. The number of esters is 1. The summed E-state index contributed by atoms with van der Waals surface area (Å²) in [7, 11) is 1.54. The average Bonchev–Trinajstić information content (AvgIpc) is 2.75. The minimum Gasteiger partial charge on any atom is -0.487 e. The lowest BCUT2D eigenvalue weighted by Crippen LogP contribution is -2.48. The molecule has 0 aliphatic carbocycles. The van der Waals surface area contributed by atoms with Crippen molar-refractivity contribution in [1.29, 1.82) is 0 Å². The second kappa shape index (κ2) is 9.64. The number of hydrogen-bond acceptors (Lipinski definition) is 4. The molecule has 1 aliphatic heterocycles.